The standard InChI is InChI=1S/C10H20N2O2/c1-10(2,14-3)7-12-6-8(11)4-5-9(12)13/h8H,4-7,11H2,1-3H3. The first-order chi connectivity index (χ1) is 6.44. The van der Waals surface area contributed by atoms with Crippen molar-refractivity contribution < 1.29 is 9.53 Å². The third-order valence-corrected chi connectivity index (χ3v) is 2.66. The molecule has 2 N–H and O–H groups in total. The maximum atomic E-state index is 11.5. The molecule has 0 saturated carbocycles. The minimum atomic E-state index is -0.285. The molecule has 0 aromatic rings. The molecule has 0 aliphatic carbocycles. The molecule has 4 nitrogen and oxygen atoms in total. The number of hydrogen-bond acceptors (Lipinski definition) is 3. The molecule has 1 amide bonds. The molecule has 1 rings (SSSR count). The topological polar surface area (TPSA) is 55.6 Å². The van der Waals surface area contributed by atoms with Crippen molar-refractivity contribution in [2.24, 2.45) is 5.73 Å². The molecule has 1 heterocycles. The van der Waals surface area contributed by atoms with Gasteiger partial charge in [-0.3, -0.25) is 4.79 Å². The van der Waals surface area contributed by atoms with Crippen LogP contribution >= 0.6 is 0 Å². The summed E-state index contributed by atoms with van der Waals surface area (Å²) < 4.78 is 5.29. The number of methoxy groups -OCH3 is 1. The van der Waals surface area contributed by atoms with Gasteiger partial charge in [-0.25, -0.2) is 0 Å². The Kier molecular flexibility index (Phi) is 3.50. The number of rotatable bonds is 3. The summed E-state index contributed by atoms with van der Waals surface area (Å²) in [6, 6.07) is 0.125. The van der Waals surface area contributed by atoms with Crippen molar-refractivity contribution in [1.29, 1.82) is 0 Å². The van der Waals surface area contributed by atoms with Crippen LogP contribution in [-0.2, 0) is 9.53 Å². The highest BCUT2D eigenvalue weighted by atomic mass is 16.5. The van der Waals surface area contributed by atoms with Crippen molar-refractivity contribution in [3.63, 3.8) is 0 Å². The lowest BCUT2D eigenvalue weighted by Crippen LogP contribution is -2.51. The van der Waals surface area contributed by atoms with Gasteiger partial charge in [0.15, 0.2) is 0 Å². The summed E-state index contributed by atoms with van der Waals surface area (Å²) in [5.74, 6) is 0.192. The number of likely N-dealkylation sites (tertiary alicyclic amines) is 1. The molecular formula is C10H20N2O2. The minimum absolute atomic E-state index is 0.125. The normalized spacial score (nSPS) is 24.1. The number of ether oxygens (including phenoxy) is 1. The number of nitrogens with zero attached hydrogens (tertiary/aromatic N) is 1. The highest BCUT2D eigenvalue weighted by Crippen LogP contribution is 2.15. The lowest BCUT2D eigenvalue weighted by molar-refractivity contribution is -0.137. The van der Waals surface area contributed by atoms with Gasteiger partial charge in [-0.05, 0) is 20.3 Å². The van der Waals surface area contributed by atoms with Gasteiger partial charge in [-0.1, -0.05) is 0 Å². The second-order valence-corrected chi connectivity index (χ2v) is 4.54. The zero-order chi connectivity index (χ0) is 10.8. The van der Waals surface area contributed by atoms with Crippen LogP contribution in [0.4, 0.5) is 0 Å². The second-order valence-electron chi connectivity index (χ2n) is 4.54. The summed E-state index contributed by atoms with van der Waals surface area (Å²) in [6.07, 6.45) is 1.38. The van der Waals surface area contributed by atoms with E-state index in [-0.39, 0.29) is 17.6 Å². The van der Waals surface area contributed by atoms with E-state index in [9.17, 15) is 4.79 Å². The quantitative estimate of drug-likeness (QED) is 0.715. The minimum Gasteiger partial charge on any atom is -0.377 e. The largest absolute Gasteiger partial charge is 0.377 e. The fourth-order valence-electron chi connectivity index (χ4n) is 1.62. The molecular weight excluding hydrogens is 180 g/mol. The van der Waals surface area contributed by atoms with E-state index in [0.29, 0.717) is 19.5 Å². The van der Waals surface area contributed by atoms with Gasteiger partial charge in [-0.2, -0.15) is 0 Å². The highest BCUT2D eigenvalue weighted by molar-refractivity contribution is 5.77. The van der Waals surface area contributed by atoms with E-state index < -0.39 is 0 Å². The molecule has 1 fully saturated rings. The predicted octanol–water partition coefficient (Wildman–Crippen LogP) is 0.361. The van der Waals surface area contributed by atoms with Crippen LogP contribution in [-0.4, -0.2) is 42.6 Å². The van der Waals surface area contributed by atoms with Crippen molar-refractivity contribution in [3.8, 4) is 0 Å². The Morgan fingerprint density at radius 3 is 2.86 bits per heavy atom. The molecule has 0 aromatic heterocycles. The third-order valence-electron chi connectivity index (χ3n) is 2.66. The van der Waals surface area contributed by atoms with E-state index in [0.717, 1.165) is 6.42 Å². The molecule has 0 bridgehead atoms. The van der Waals surface area contributed by atoms with E-state index in [1.807, 2.05) is 13.8 Å². The van der Waals surface area contributed by atoms with Gasteiger partial charge in [0.25, 0.3) is 0 Å². The van der Waals surface area contributed by atoms with Crippen molar-refractivity contribution in [1.82, 2.24) is 4.90 Å². The van der Waals surface area contributed by atoms with Crippen LogP contribution in [0.3, 0.4) is 0 Å². The summed E-state index contributed by atoms with van der Waals surface area (Å²) in [5.41, 5.74) is 5.53. The second kappa shape index (κ2) is 4.28. The molecule has 82 valence electrons. The Hall–Kier alpha value is -0.610. The Morgan fingerprint density at radius 1 is 1.64 bits per heavy atom. The Morgan fingerprint density at radius 2 is 2.29 bits per heavy atom. The highest BCUT2D eigenvalue weighted by Gasteiger charge is 2.28. The molecule has 1 aliphatic rings. The SMILES string of the molecule is COC(C)(C)CN1CC(N)CCC1=O. The monoisotopic (exact) mass is 200 g/mol. The summed E-state index contributed by atoms with van der Waals surface area (Å²) >= 11 is 0. The molecule has 0 spiro atoms. The van der Waals surface area contributed by atoms with E-state index >= 15 is 0 Å². The summed E-state index contributed by atoms with van der Waals surface area (Å²) in [6.45, 7) is 5.22. The van der Waals surface area contributed by atoms with Crippen LogP contribution in [0, 0.1) is 0 Å². The molecule has 1 atom stereocenters. The van der Waals surface area contributed by atoms with Crippen LogP contribution in [0.5, 0.6) is 0 Å². The molecule has 1 unspecified atom stereocenters. The van der Waals surface area contributed by atoms with Gasteiger partial charge in [0.2, 0.25) is 5.91 Å². The molecule has 14 heavy (non-hydrogen) atoms. The van der Waals surface area contributed by atoms with Crippen molar-refractivity contribution in [2.75, 3.05) is 20.2 Å². The van der Waals surface area contributed by atoms with Gasteiger partial charge < -0.3 is 15.4 Å². The number of hydrogen-bond donors (Lipinski definition) is 1. The molecule has 1 aliphatic heterocycles. The van der Waals surface area contributed by atoms with Gasteiger partial charge in [-0.15, -0.1) is 0 Å². The maximum Gasteiger partial charge on any atom is 0.222 e. The average molecular weight is 200 g/mol. The predicted molar refractivity (Wildman–Crippen MR) is 54.9 cm³/mol. The van der Waals surface area contributed by atoms with Crippen molar-refractivity contribution >= 4 is 5.91 Å². The first-order valence-corrected chi connectivity index (χ1v) is 5.03. The lowest BCUT2D eigenvalue weighted by atomic mass is 10.0. The van der Waals surface area contributed by atoms with Gasteiger partial charge in [0.05, 0.1) is 5.60 Å². The van der Waals surface area contributed by atoms with Crippen LogP contribution in [0.15, 0.2) is 0 Å². The van der Waals surface area contributed by atoms with E-state index in [2.05, 4.69) is 0 Å². The zero-order valence-electron chi connectivity index (χ0n) is 9.25. The molecule has 1 saturated heterocycles. The van der Waals surface area contributed by atoms with E-state index in [1.165, 1.54) is 0 Å². The van der Waals surface area contributed by atoms with E-state index in [4.69, 9.17) is 10.5 Å². The molecule has 0 radical (unpaired) electrons. The first kappa shape index (κ1) is 11.5. The Bertz CT molecular complexity index is 216. The Labute approximate surface area is 85.4 Å². The van der Waals surface area contributed by atoms with Crippen LogP contribution in [0.2, 0.25) is 0 Å². The van der Waals surface area contributed by atoms with Gasteiger partial charge in [0.1, 0.15) is 0 Å². The van der Waals surface area contributed by atoms with Crippen molar-refractivity contribution in [2.45, 2.75) is 38.3 Å². The number of nitrogens with two attached hydrogens (primary N) is 1. The summed E-state index contributed by atoms with van der Waals surface area (Å²) in [4.78, 5) is 13.4. The first-order valence-electron chi connectivity index (χ1n) is 5.03. The van der Waals surface area contributed by atoms with E-state index in [1.54, 1.807) is 12.0 Å². The van der Waals surface area contributed by atoms with Gasteiger partial charge >= 0.3 is 0 Å². The smallest absolute Gasteiger partial charge is 0.222 e. The molecule has 0 aromatic carbocycles. The van der Waals surface area contributed by atoms with Crippen LogP contribution in [0.1, 0.15) is 26.7 Å². The third kappa shape index (κ3) is 2.96. The summed E-state index contributed by atoms with van der Waals surface area (Å²) in [5, 5.41) is 0. The van der Waals surface area contributed by atoms with Crippen LogP contribution < -0.4 is 5.73 Å². The fourth-order valence-corrected chi connectivity index (χ4v) is 1.62. The van der Waals surface area contributed by atoms with Crippen LogP contribution in [0.25, 0.3) is 0 Å². The lowest BCUT2D eigenvalue weighted by Gasteiger charge is -2.36. The maximum absolute atomic E-state index is 11.5. The number of amides is 1. The molecule has 4 heteroatoms. The Balaban J connectivity index is 2.53. The summed E-state index contributed by atoms with van der Waals surface area (Å²) in [7, 11) is 1.66. The fraction of sp³-hybridized carbons (Fsp3) is 0.900. The zero-order valence-corrected chi connectivity index (χ0v) is 9.25. The average Bonchev–Trinajstić information content (AvgIpc) is 2.11. The van der Waals surface area contributed by atoms with Crippen molar-refractivity contribution in [3.05, 3.63) is 0 Å². The number of carbonyl (C=O) groups excluding carboxylic acids is 1. The van der Waals surface area contributed by atoms with Gasteiger partial charge in [0, 0.05) is 32.7 Å². The number of carbonyl (C=O) groups is 1. The number of piperidine rings is 1.